The predicted molar refractivity (Wildman–Crippen MR) is 85.7 cm³/mol. The Balaban J connectivity index is 0.000000956. The molecule has 2 heteroatoms. The van der Waals surface area contributed by atoms with Crippen LogP contribution in [0.3, 0.4) is 0 Å². The van der Waals surface area contributed by atoms with Crippen LogP contribution in [0.2, 0.25) is 0 Å². The predicted octanol–water partition coefficient (Wildman–Crippen LogP) is 4.93. The summed E-state index contributed by atoms with van der Waals surface area (Å²) in [5.74, 6) is 0. The van der Waals surface area contributed by atoms with Crippen molar-refractivity contribution in [2.45, 2.75) is 26.7 Å². The first-order chi connectivity index (χ1) is 9.74. The van der Waals surface area contributed by atoms with Crippen LogP contribution in [0, 0.1) is 11.3 Å². The molecule has 20 heavy (non-hydrogen) atoms. The van der Waals surface area contributed by atoms with Gasteiger partial charge in [-0.1, -0.05) is 45.2 Å². The summed E-state index contributed by atoms with van der Waals surface area (Å²) in [7, 11) is 0. The van der Waals surface area contributed by atoms with E-state index in [4.69, 9.17) is 5.26 Å². The highest BCUT2D eigenvalue weighted by Gasteiger charge is 2.12. The van der Waals surface area contributed by atoms with Crippen LogP contribution < -0.4 is 0 Å². The Morgan fingerprint density at radius 2 is 2.05 bits per heavy atom. The van der Waals surface area contributed by atoms with Gasteiger partial charge in [-0.2, -0.15) is 5.26 Å². The van der Waals surface area contributed by atoms with Gasteiger partial charge in [0, 0.05) is 18.0 Å². The van der Waals surface area contributed by atoms with Gasteiger partial charge < -0.3 is 0 Å². The van der Waals surface area contributed by atoms with Gasteiger partial charge in [-0.25, -0.2) is 0 Å². The Labute approximate surface area is 121 Å². The van der Waals surface area contributed by atoms with Gasteiger partial charge in [0.2, 0.25) is 0 Å². The zero-order valence-corrected chi connectivity index (χ0v) is 12.2. The van der Waals surface area contributed by atoms with E-state index in [1.165, 1.54) is 5.57 Å². The Morgan fingerprint density at radius 1 is 1.30 bits per heavy atom. The molecule has 0 bridgehead atoms. The second-order valence-corrected chi connectivity index (χ2v) is 4.15. The highest BCUT2D eigenvalue weighted by molar-refractivity contribution is 5.88. The summed E-state index contributed by atoms with van der Waals surface area (Å²) < 4.78 is 0. The summed E-state index contributed by atoms with van der Waals surface area (Å²) in [6.45, 7) is 11.9. The highest BCUT2D eigenvalue weighted by atomic mass is 14.6. The number of aromatic nitrogens is 1. The van der Waals surface area contributed by atoms with Crippen LogP contribution in [0.5, 0.6) is 0 Å². The lowest BCUT2D eigenvalue weighted by Crippen LogP contribution is -1.96. The standard InChI is InChI=1S/C16H14N2.C2H6/c1-12(10-17)16-11-18-9-8-15(16)13(2)14-6-4-3-5-7-14;1-2/h3-4,6,8-9,11H,1-2,5,7H2;1-2H3. The second-order valence-electron chi connectivity index (χ2n) is 4.15. The van der Waals surface area contributed by atoms with Gasteiger partial charge in [-0.15, -0.1) is 0 Å². The van der Waals surface area contributed by atoms with Gasteiger partial charge in [0.1, 0.15) is 0 Å². The molecule has 1 heterocycles. The molecule has 0 unspecified atom stereocenters. The monoisotopic (exact) mass is 264 g/mol. The minimum absolute atomic E-state index is 0.422. The smallest absolute Gasteiger partial charge is 0.0992 e. The molecule has 0 aliphatic heterocycles. The van der Waals surface area contributed by atoms with Crippen LogP contribution in [-0.2, 0) is 0 Å². The summed E-state index contributed by atoms with van der Waals surface area (Å²) in [4.78, 5) is 4.06. The SMILES string of the molecule is C=C(C#N)c1cnccc1C(=C)C1=CC=CCC1.CC. The normalized spacial score (nSPS) is 12.6. The van der Waals surface area contributed by atoms with E-state index in [0.717, 1.165) is 29.5 Å². The van der Waals surface area contributed by atoms with E-state index >= 15 is 0 Å². The number of rotatable bonds is 3. The molecule has 2 rings (SSSR count). The first-order valence-corrected chi connectivity index (χ1v) is 6.82. The van der Waals surface area contributed by atoms with Gasteiger partial charge >= 0.3 is 0 Å². The highest BCUT2D eigenvalue weighted by Crippen LogP contribution is 2.31. The molecule has 2 nitrogen and oxygen atoms in total. The minimum Gasteiger partial charge on any atom is -0.264 e. The fraction of sp³-hybridized carbons (Fsp3) is 0.222. The Kier molecular flexibility index (Phi) is 6.19. The van der Waals surface area contributed by atoms with Crippen molar-refractivity contribution >= 4 is 11.1 Å². The molecule has 0 aromatic carbocycles. The molecule has 0 atom stereocenters. The van der Waals surface area contributed by atoms with Crippen molar-refractivity contribution in [2.75, 3.05) is 0 Å². The van der Waals surface area contributed by atoms with E-state index in [0.29, 0.717) is 5.57 Å². The number of hydrogen-bond acceptors (Lipinski definition) is 2. The van der Waals surface area contributed by atoms with Crippen LogP contribution in [0.25, 0.3) is 11.1 Å². The average Bonchev–Trinajstić information content (AvgIpc) is 2.56. The topological polar surface area (TPSA) is 36.7 Å². The lowest BCUT2D eigenvalue weighted by atomic mass is 9.90. The average molecular weight is 264 g/mol. The van der Waals surface area contributed by atoms with E-state index in [-0.39, 0.29) is 0 Å². The number of hydrogen-bond donors (Lipinski definition) is 0. The van der Waals surface area contributed by atoms with Crippen molar-refractivity contribution in [3.8, 4) is 6.07 Å². The molecule has 0 saturated carbocycles. The molecule has 102 valence electrons. The third-order valence-corrected chi connectivity index (χ3v) is 3.01. The van der Waals surface area contributed by atoms with E-state index in [1.807, 2.05) is 26.0 Å². The van der Waals surface area contributed by atoms with Gasteiger partial charge in [0.25, 0.3) is 0 Å². The Bertz CT molecular complexity index is 598. The molecule has 0 fully saturated rings. The number of nitrogens with zero attached hydrogens (tertiary/aromatic N) is 2. The third kappa shape index (κ3) is 3.55. The molecule has 0 spiro atoms. The molecule has 1 aromatic rings. The summed E-state index contributed by atoms with van der Waals surface area (Å²) in [6.07, 6.45) is 11.7. The first-order valence-electron chi connectivity index (χ1n) is 6.82. The molecule has 1 aliphatic rings. The largest absolute Gasteiger partial charge is 0.264 e. The van der Waals surface area contributed by atoms with Crippen molar-refractivity contribution in [1.29, 1.82) is 5.26 Å². The lowest BCUT2D eigenvalue weighted by Gasteiger charge is -2.15. The number of pyridine rings is 1. The van der Waals surface area contributed by atoms with Crippen molar-refractivity contribution in [2.24, 2.45) is 0 Å². The first kappa shape index (κ1) is 15.7. The van der Waals surface area contributed by atoms with Crippen LogP contribution >= 0.6 is 0 Å². The number of allylic oxidation sites excluding steroid dienone is 6. The zero-order chi connectivity index (χ0) is 15.0. The molecule has 1 aliphatic carbocycles. The summed E-state index contributed by atoms with van der Waals surface area (Å²) >= 11 is 0. The van der Waals surface area contributed by atoms with Gasteiger partial charge in [0.05, 0.1) is 11.6 Å². The maximum atomic E-state index is 8.97. The van der Waals surface area contributed by atoms with E-state index in [2.05, 4.69) is 36.4 Å². The minimum atomic E-state index is 0.422. The molecule has 1 aromatic heterocycles. The molecule has 0 amide bonds. The van der Waals surface area contributed by atoms with Crippen molar-refractivity contribution in [3.05, 3.63) is 66.5 Å². The van der Waals surface area contributed by atoms with Gasteiger partial charge in [-0.05, 0) is 35.6 Å². The zero-order valence-electron chi connectivity index (χ0n) is 12.2. The molecule has 0 N–H and O–H groups in total. The molecule has 0 radical (unpaired) electrons. The summed E-state index contributed by atoms with van der Waals surface area (Å²) in [6, 6.07) is 3.96. The van der Waals surface area contributed by atoms with Crippen LogP contribution in [0.1, 0.15) is 37.8 Å². The molecular weight excluding hydrogens is 244 g/mol. The fourth-order valence-electron chi connectivity index (χ4n) is 1.99. The lowest BCUT2D eigenvalue weighted by molar-refractivity contribution is 0.996. The van der Waals surface area contributed by atoms with Crippen molar-refractivity contribution in [1.82, 2.24) is 4.98 Å². The van der Waals surface area contributed by atoms with E-state index < -0.39 is 0 Å². The fourth-order valence-corrected chi connectivity index (χ4v) is 1.99. The Hall–Kier alpha value is -2.40. The second kappa shape index (κ2) is 7.91. The van der Waals surface area contributed by atoms with Gasteiger partial charge in [0.15, 0.2) is 0 Å². The number of nitriles is 1. The summed E-state index contributed by atoms with van der Waals surface area (Å²) in [5.41, 5.74) is 4.29. The molecular formula is C18H20N2. The van der Waals surface area contributed by atoms with Crippen molar-refractivity contribution < 1.29 is 0 Å². The maximum Gasteiger partial charge on any atom is 0.0992 e. The summed E-state index contributed by atoms with van der Waals surface area (Å²) in [5, 5.41) is 8.97. The maximum absolute atomic E-state index is 8.97. The van der Waals surface area contributed by atoms with Crippen LogP contribution in [0.15, 0.2) is 55.4 Å². The quantitative estimate of drug-likeness (QED) is 0.725. The van der Waals surface area contributed by atoms with E-state index in [1.54, 1.807) is 12.4 Å². The van der Waals surface area contributed by atoms with Crippen LogP contribution in [0.4, 0.5) is 0 Å². The van der Waals surface area contributed by atoms with Crippen molar-refractivity contribution in [3.63, 3.8) is 0 Å². The van der Waals surface area contributed by atoms with Crippen LogP contribution in [-0.4, -0.2) is 4.98 Å². The molecule has 0 saturated heterocycles. The van der Waals surface area contributed by atoms with E-state index in [9.17, 15) is 0 Å². The van der Waals surface area contributed by atoms with Gasteiger partial charge in [-0.3, -0.25) is 4.98 Å². The third-order valence-electron chi connectivity index (χ3n) is 3.01. The Morgan fingerprint density at radius 3 is 2.65 bits per heavy atom.